The average Bonchev–Trinajstić information content (AvgIpc) is 2.76. The molecule has 102 valence electrons. The van der Waals surface area contributed by atoms with Gasteiger partial charge in [0, 0.05) is 19.1 Å². The molecule has 0 bridgehead atoms. The summed E-state index contributed by atoms with van der Waals surface area (Å²) in [6.45, 7) is -0.221. The van der Waals surface area contributed by atoms with Gasteiger partial charge in [0.2, 0.25) is 0 Å². The van der Waals surface area contributed by atoms with Crippen molar-refractivity contribution in [3.63, 3.8) is 0 Å². The van der Waals surface area contributed by atoms with Crippen molar-refractivity contribution < 1.29 is 33.3 Å². The summed E-state index contributed by atoms with van der Waals surface area (Å²) in [6, 6.07) is 0. The summed E-state index contributed by atoms with van der Waals surface area (Å²) in [5.74, 6) is -0.837. The number of aliphatic hydroxyl groups excluding tert-OH is 1. The molecule has 0 aliphatic heterocycles. The van der Waals surface area contributed by atoms with Crippen LogP contribution in [0.15, 0.2) is 18.7 Å². The Morgan fingerprint density at radius 2 is 2.11 bits per heavy atom. The van der Waals surface area contributed by atoms with Crippen LogP contribution in [0.5, 0.6) is 0 Å². The second kappa shape index (κ2) is 5.44. The Labute approximate surface area is 102 Å². The number of carbonyl (C=O) groups is 1. The van der Waals surface area contributed by atoms with Gasteiger partial charge in [-0.15, -0.1) is 0 Å². The molecule has 3 atom stereocenters. The molecule has 1 rings (SSSR count). The quantitative estimate of drug-likeness (QED) is 0.640. The van der Waals surface area contributed by atoms with E-state index in [1.54, 1.807) is 0 Å². The third-order valence-corrected chi connectivity index (χ3v) is 6.50. The van der Waals surface area contributed by atoms with E-state index in [9.17, 15) is 19.0 Å². The fraction of sp³-hybridized carbons (Fsp3) is 0.429. The van der Waals surface area contributed by atoms with E-state index in [1.807, 2.05) is 0 Å². The molecule has 18 heavy (non-hydrogen) atoms. The summed E-state index contributed by atoms with van der Waals surface area (Å²) in [5.41, 5.74) is 0. The highest BCUT2D eigenvalue weighted by atomic mass is 32.1. The van der Waals surface area contributed by atoms with Gasteiger partial charge in [0.15, 0.2) is 6.10 Å². The highest BCUT2D eigenvalue weighted by molar-refractivity contribution is 8.28. The Kier molecular flexibility index (Phi) is 4.61. The van der Waals surface area contributed by atoms with Crippen LogP contribution in [-0.4, -0.2) is 49.7 Å². The van der Waals surface area contributed by atoms with E-state index >= 15 is 0 Å². The van der Waals surface area contributed by atoms with Crippen LogP contribution >= 0.6 is 14.3 Å². The second-order valence-electron chi connectivity index (χ2n) is 3.45. The standard InChI is InChI=1S/C7H12N2O7P2/c1-17(12,13)18(14,15)16-4-6(10)7(11)9-3-2-8-5-9/h2-3,5-6,10H,4H2,1H3,(H,12,13)(H,14,15). The van der Waals surface area contributed by atoms with Gasteiger partial charge in [0.05, 0.1) is 6.61 Å². The van der Waals surface area contributed by atoms with Gasteiger partial charge in [-0.3, -0.25) is 18.5 Å². The fourth-order valence-corrected chi connectivity index (χ4v) is 2.30. The molecule has 1 aromatic heterocycles. The third kappa shape index (κ3) is 3.58. The van der Waals surface area contributed by atoms with Gasteiger partial charge in [0.25, 0.3) is 5.91 Å². The molecule has 0 aliphatic carbocycles. The Morgan fingerprint density at radius 1 is 1.50 bits per heavy atom. The molecule has 0 saturated heterocycles. The van der Waals surface area contributed by atoms with Crippen molar-refractivity contribution in [2.24, 2.45) is 0 Å². The maximum Gasteiger partial charge on any atom is 0.409 e. The summed E-state index contributed by atoms with van der Waals surface area (Å²) in [5, 5.41) is 9.39. The van der Waals surface area contributed by atoms with Crippen LogP contribution in [0, 0.1) is 0 Å². The minimum atomic E-state index is -4.77. The van der Waals surface area contributed by atoms with Crippen LogP contribution < -0.4 is 0 Å². The van der Waals surface area contributed by atoms with Crippen LogP contribution in [0.3, 0.4) is 0 Å². The highest BCUT2D eigenvalue weighted by Gasteiger charge is 2.39. The maximum absolute atomic E-state index is 11.5. The molecule has 0 radical (unpaired) electrons. The van der Waals surface area contributed by atoms with Gasteiger partial charge in [-0.1, -0.05) is 0 Å². The zero-order valence-electron chi connectivity index (χ0n) is 9.28. The van der Waals surface area contributed by atoms with Crippen molar-refractivity contribution in [2.45, 2.75) is 6.10 Å². The minimum Gasteiger partial charge on any atom is -0.381 e. The van der Waals surface area contributed by atoms with Crippen LogP contribution in [0.25, 0.3) is 0 Å². The van der Waals surface area contributed by atoms with Gasteiger partial charge >= 0.3 is 14.3 Å². The molecular weight excluding hydrogens is 286 g/mol. The maximum atomic E-state index is 11.5. The predicted octanol–water partition coefficient (Wildman–Crippen LogP) is -0.0986. The lowest BCUT2D eigenvalue weighted by Gasteiger charge is -2.16. The summed E-state index contributed by atoms with van der Waals surface area (Å²) >= 11 is 0. The van der Waals surface area contributed by atoms with Crippen molar-refractivity contribution in [3.8, 4) is 0 Å². The Balaban J connectivity index is 2.63. The largest absolute Gasteiger partial charge is 0.409 e. The monoisotopic (exact) mass is 298 g/mol. The average molecular weight is 298 g/mol. The topological polar surface area (TPSA) is 139 Å². The second-order valence-corrected chi connectivity index (χ2v) is 10.1. The molecule has 1 heterocycles. The first-order valence-electron chi connectivity index (χ1n) is 4.63. The molecule has 11 heteroatoms. The van der Waals surface area contributed by atoms with Crippen LogP contribution in [0.2, 0.25) is 0 Å². The number of imidazole rings is 1. The number of hydrogen-bond acceptors (Lipinski definition) is 6. The van der Waals surface area contributed by atoms with E-state index in [4.69, 9.17) is 9.79 Å². The van der Waals surface area contributed by atoms with Crippen molar-refractivity contribution in [3.05, 3.63) is 18.7 Å². The minimum absolute atomic E-state index is 0.651. The van der Waals surface area contributed by atoms with E-state index < -0.39 is 33.0 Å². The van der Waals surface area contributed by atoms with Gasteiger partial charge in [-0.25, -0.2) is 9.55 Å². The van der Waals surface area contributed by atoms with Crippen molar-refractivity contribution >= 4 is 20.2 Å². The molecule has 9 nitrogen and oxygen atoms in total. The number of carbonyl (C=O) groups excluding carboxylic acids is 1. The third-order valence-electron chi connectivity index (χ3n) is 1.91. The number of aliphatic hydroxyl groups is 1. The van der Waals surface area contributed by atoms with Crippen molar-refractivity contribution in [1.82, 2.24) is 9.55 Å². The van der Waals surface area contributed by atoms with E-state index in [0.717, 1.165) is 10.9 Å². The van der Waals surface area contributed by atoms with E-state index in [2.05, 4.69) is 9.51 Å². The zero-order chi connectivity index (χ0) is 14.0. The van der Waals surface area contributed by atoms with Gasteiger partial charge in [-0.05, 0) is 0 Å². The molecule has 0 aliphatic rings. The Hall–Kier alpha value is -0.820. The summed E-state index contributed by atoms with van der Waals surface area (Å²) < 4.78 is 27.4. The highest BCUT2D eigenvalue weighted by Crippen LogP contribution is 2.75. The first-order valence-corrected chi connectivity index (χ1v) is 9.02. The lowest BCUT2D eigenvalue weighted by Crippen LogP contribution is -2.29. The molecule has 0 spiro atoms. The van der Waals surface area contributed by atoms with Crippen molar-refractivity contribution in [1.29, 1.82) is 0 Å². The SMILES string of the molecule is CP(=O)(O)P(=O)(O)OCC(O)C(=O)n1ccnc1. The Bertz CT molecular complexity index is 508. The van der Waals surface area contributed by atoms with Crippen LogP contribution in [0.4, 0.5) is 0 Å². The zero-order valence-corrected chi connectivity index (χ0v) is 11.1. The number of aromatic nitrogens is 2. The molecule has 0 fully saturated rings. The molecule has 0 aromatic carbocycles. The first kappa shape index (κ1) is 15.2. The molecule has 3 N–H and O–H groups in total. The van der Waals surface area contributed by atoms with Crippen molar-refractivity contribution in [2.75, 3.05) is 13.3 Å². The molecule has 0 amide bonds. The predicted molar refractivity (Wildman–Crippen MR) is 60.4 cm³/mol. The fourth-order valence-electron chi connectivity index (χ4n) is 0.908. The summed E-state index contributed by atoms with van der Waals surface area (Å²) in [6.07, 6.45) is 1.95. The summed E-state index contributed by atoms with van der Waals surface area (Å²) in [4.78, 5) is 33.0. The number of nitrogens with zero attached hydrogens (tertiary/aromatic N) is 2. The molecule has 0 saturated carbocycles. The van der Waals surface area contributed by atoms with Crippen LogP contribution in [0.1, 0.15) is 4.79 Å². The smallest absolute Gasteiger partial charge is 0.381 e. The van der Waals surface area contributed by atoms with E-state index in [-0.39, 0.29) is 0 Å². The first-order chi connectivity index (χ1) is 8.15. The normalized spacial score (nSPS) is 19.8. The lowest BCUT2D eigenvalue weighted by atomic mass is 10.3. The molecule has 3 unspecified atom stereocenters. The van der Waals surface area contributed by atoms with Gasteiger partial charge in [-0.2, -0.15) is 0 Å². The van der Waals surface area contributed by atoms with Crippen LogP contribution in [-0.2, 0) is 13.7 Å². The Morgan fingerprint density at radius 3 is 2.56 bits per heavy atom. The summed E-state index contributed by atoms with van der Waals surface area (Å²) in [7, 11) is -9.14. The molecule has 1 aromatic rings. The number of rotatable bonds is 5. The van der Waals surface area contributed by atoms with E-state index in [1.165, 1.54) is 12.4 Å². The number of hydrogen-bond donors (Lipinski definition) is 3. The lowest BCUT2D eigenvalue weighted by molar-refractivity contribution is 0.0525. The molecular formula is C7H12N2O7P2. The van der Waals surface area contributed by atoms with Gasteiger partial charge in [0.1, 0.15) is 6.33 Å². The van der Waals surface area contributed by atoms with Gasteiger partial charge < -0.3 is 14.9 Å². The van der Waals surface area contributed by atoms with E-state index in [0.29, 0.717) is 6.66 Å².